The molecule has 0 saturated carbocycles. The highest BCUT2D eigenvalue weighted by Crippen LogP contribution is 2.49. The van der Waals surface area contributed by atoms with E-state index in [4.69, 9.17) is 11.5 Å². The molecule has 1 aliphatic heterocycles. The summed E-state index contributed by atoms with van der Waals surface area (Å²) in [4.78, 5) is 21.4. The number of ketones is 1. The number of benzene rings is 1. The lowest BCUT2D eigenvalue weighted by atomic mass is 9.69. The number of halogens is 1. The quantitative estimate of drug-likeness (QED) is 0.727. The first-order chi connectivity index (χ1) is 12.2. The Morgan fingerprint density at radius 2 is 1.85 bits per heavy atom. The molecule has 5 N–H and O–H groups in total. The minimum atomic E-state index is -0.439. The molecule has 1 aromatic heterocycles. The second kappa shape index (κ2) is 5.52. The Balaban J connectivity index is 1.97. The lowest BCUT2D eigenvalue weighted by Gasteiger charge is -2.39. The van der Waals surface area contributed by atoms with Gasteiger partial charge in [-0.2, -0.15) is 9.97 Å². The van der Waals surface area contributed by atoms with E-state index in [9.17, 15) is 9.18 Å². The van der Waals surface area contributed by atoms with Crippen molar-refractivity contribution >= 4 is 23.4 Å². The highest BCUT2D eigenvalue weighted by Gasteiger charge is 2.42. The van der Waals surface area contributed by atoms with Gasteiger partial charge in [0, 0.05) is 29.2 Å². The third-order valence-corrected chi connectivity index (χ3v) is 4.96. The fourth-order valence-corrected chi connectivity index (χ4v) is 3.94. The lowest BCUT2D eigenvalue weighted by Crippen LogP contribution is -2.34. The van der Waals surface area contributed by atoms with Crippen LogP contribution in [-0.4, -0.2) is 15.8 Å². The second-order valence-corrected chi connectivity index (χ2v) is 7.67. The molecule has 0 radical (unpaired) electrons. The van der Waals surface area contributed by atoms with Gasteiger partial charge in [-0.05, 0) is 29.5 Å². The van der Waals surface area contributed by atoms with Crippen molar-refractivity contribution in [3.8, 4) is 0 Å². The molecule has 1 atom stereocenters. The number of nitrogens with zero attached hydrogens (tertiary/aromatic N) is 2. The van der Waals surface area contributed by atoms with Crippen LogP contribution in [0.25, 0.3) is 0 Å². The summed E-state index contributed by atoms with van der Waals surface area (Å²) in [5.41, 5.74) is 14.6. The van der Waals surface area contributed by atoms with Crippen LogP contribution in [0.1, 0.15) is 43.7 Å². The predicted octanol–water partition coefficient (Wildman–Crippen LogP) is 2.98. The van der Waals surface area contributed by atoms with Crippen LogP contribution in [0.4, 0.5) is 22.0 Å². The molecule has 1 aliphatic carbocycles. The van der Waals surface area contributed by atoms with Crippen LogP contribution in [0.15, 0.2) is 35.5 Å². The van der Waals surface area contributed by atoms with Gasteiger partial charge in [-0.25, -0.2) is 4.39 Å². The lowest BCUT2D eigenvalue weighted by molar-refractivity contribution is -0.118. The molecule has 0 fully saturated rings. The highest BCUT2D eigenvalue weighted by molar-refractivity contribution is 6.02. The Bertz CT molecular complexity index is 949. The first kappa shape index (κ1) is 16.5. The number of rotatable bonds is 1. The van der Waals surface area contributed by atoms with E-state index < -0.39 is 5.92 Å². The van der Waals surface area contributed by atoms with Crippen LogP contribution < -0.4 is 16.8 Å². The topological polar surface area (TPSA) is 107 Å². The predicted molar refractivity (Wildman–Crippen MR) is 97.8 cm³/mol. The first-order valence-electron chi connectivity index (χ1n) is 8.47. The number of nitrogens with two attached hydrogens (primary N) is 2. The Kier molecular flexibility index (Phi) is 3.50. The Morgan fingerprint density at radius 3 is 2.54 bits per heavy atom. The molecule has 0 bridgehead atoms. The third kappa shape index (κ3) is 2.60. The number of nitrogens with one attached hydrogen (secondary N) is 1. The summed E-state index contributed by atoms with van der Waals surface area (Å²) < 4.78 is 13.4. The molecule has 6 nitrogen and oxygen atoms in total. The highest BCUT2D eigenvalue weighted by atomic mass is 19.1. The largest absolute Gasteiger partial charge is 0.383 e. The smallest absolute Gasteiger partial charge is 0.223 e. The van der Waals surface area contributed by atoms with Gasteiger partial charge in [-0.3, -0.25) is 4.79 Å². The molecule has 134 valence electrons. The van der Waals surface area contributed by atoms with E-state index in [-0.39, 0.29) is 28.8 Å². The Morgan fingerprint density at radius 1 is 1.15 bits per heavy atom. The summed E-state index contributed by atoms with van der Waals surface area (Å²) in [5, 5.41) is 3.25. The monoisotopic (exact) mass is 353 g/mol. The zero-order valence-electron chi connectivity index (χ0n) is 14.6. The van der Waals surface area contributed by atoms with Crippen LogP contribution in [0.3, 0.4) is 0 Å². The van der Waals surface area contributed by atoms with Crippen molar-refractivity contribution < 1.29 is 9.18 Å². The van der Waals surface area contributed by atoms with Gasteiger partial charge in [0.05, 0.1) is 0 Å². The van der Waals surface area contributed by atoms with E-state index in [2.05, 4.69) is 29.1 Å². The van der Waals surface area contributed by atoms with Gasteiger partial charge in [0.25, 0.3) is 0 Å². The van der Waals surface area contributed by atoms with Crippen molar-refractivity contribution in [2.24, 2.45) is 5.41 Å². The van der Waals surface area contributed by atoms with Gasteiger partial charge in [-0.1, -0.05) is 26.0 Å². The van der Waals surface area contributed by atoms with Crippen LogP contribution in [-0.2, 0) is 4.79 Å². The number of carbonyl (C=O) groups excluding carboxylic acids is 1. The average molecular weight is 353 g/mol. The van der Waals surface area contributed by atoms with Gasteiger partial charge < -0.3 is 16.8 Å². The maximum Gasteiger partial charge on any atom is 0.223 e. The molecular formula is C19H20FN5O. The SMILES string of the molecule is CC1(C)CC(=O)C2=C(C1)Nc1nc(N)nc(N)c1[C@@H]2c1ccc(F)cc1. The van der Waals surface area contributed by atoms with E-state index in [1.807, 2.05) is 0 Å². The van der Waals surface area contributed by atoms with Gasteiger partial charge in [0.1, 0.15) is 17.5 Å². The number of aromatic nitrogens is 2. The van der Waals surface area contributed by atoms with Gasteiger partial charge in [0.15, 0.2) is 5.78 Å². The second-order valence-electron chi connectivity index (χ2n) is 7.67. The number of anilines is 3. The molecular weight excluding hydrogens is 333 g/mol. The van der Waals surface area contributed by atoms with E-state index in [1.165, 1.54) is 12.1 Å². The minimum absolute atomic E-state index is 0.0555. The van der Waals surface area contributed by atoms with Crippen molar-refractivity contribution in [1.29, 1.82) is 0 Å². The third-order valence-electron chi connectivity index (χ3n) is 4.96. The number of hydrogen-bond donors (Lipinski definition) is 3. The molecule has 7 heteroatoms. The summed E-state index contributed by atoms with van der Waals surface area (Å²) in [7, 11) is 0. The summed E-state index contributed by atoms with van der Waals surface area (Å²) in [5.74, 6) is 0.0740. The minimum Gasteiger partial charge on any atom is -0.383 e. The van der Waals surface area contributed by atoms with Gasteiger partial charge in [-0.15, -0.1) is 0 Å². The molecule has 0 spiro atoms. The number of hydrogen-bond acceptors (Lipinski definition) is 6. The number of nitrogen functional groups attached to an aromatic ring is 2. The molecule has 1 aromatic carbocycles. The molecule has 2 aromatic rings. The zero-order valence-corrected chi connectivity index (χ0v) is 14.6. The van der Waals surface area contributed by atoms with E-state index in [1.54, 1.807) is 12.1 Å². The van der Waals surface area contributed by atoms with Crippen LogP contribution >= 0.6 is 0 Å². The van der Waals surface area contributed by atoms with Gasteiger partial charge >= 0.3 is 0 Å². The average Bonchev–Trinajstić information content (AvgIpc) is 2.52. The molecule has 2 heterocycles. The summed E-state index contributed by atoms with van der Waals surface area (Å²) in [6, 6.07) is 6.09. The number of Topliss-reactive ketones (excluding diaryl/α,β-unsaturated/α-hetero) is 1. The fourth-order valence-electron chi connectivity index (χ4n) is 3.94. The van der Waals surface area contributed by atoms with Crippen molar-refractivity contribution in [3.63, 3.8) is 0 Å². The Hall–Kier alpha value is -2.96. The van der Waals surface area contributed by atoms with E-state index in [0.717, 1.165) is 11.3 Å². The standard InChI is InChI=1S/C19H20FN5O/c1-19(2)7-11-14(12(26)8-19)13(9-3-5-10(20)6-4-9)15-16(21)24-18(22)25-17(15)23-11/h3-6,13H,7-8H2,1-2H3,(H5,21,22,23,24,25)/t13-/m1/s1. The van der Waals surface area contributed by atoms with Crippen LogP contribution in [0, 0.1) is 11.2 Å². The zero-order chi connectivity index (χ0) is 18.6. The molecule has 0 amide bonds. The Labute approximate surface area is 150 Å². The van der Waals surface area contributed by atoms with E-state index in [0.29, 0.717) is 29.8 Å². The van der Waals surface area contributed by atoms with Crippen LogP contribution in [0.2, 0.25) is 0 Å². The summed E-state index contributed by atoms with van der Waals surface area (Å²) in [6.07, 6.45) is 1.14. The maximum atomic E-state index is 13.4. The number of fused-ring (bicyclic) bond motifs is 1. The fraction of sp³-hybridized carbons (Fsp3) is 0.316. The van der Waals surface area contributed by atoms with Crippen molar-refractivity contribution in [1.82, 2.24) is 9.97 Å². The number of carbonyl (C=O) groups is 1. The van der Waals surface area contributed by atoms with Gasteiger partial charge in [0.2, 0.25) is 5.95 Å². The maximum absolute atomic E-state index is 13.4. The normalized spacial score (nSPS) is 21.0. The first-order valence-corrected chi connectivity index (χ1v) is 8.47. The molecule has 4 rings (SSSR count). The van der Waals surface area contributed by atoms with E-state index >= 15 is 0 Å². The summed E-state index contributed by atoms with van der Waals surface area (Å²) >= 11 is 0. The van der Waals surface area contributed by atoms with Crippen LogP contribution in [0.5, 0.6) is 0 Å². The summed E-state index contributed by atoms with van der Waals surface area (Å²) in [6.45, 7) is 4.11. The number of allylic oxidation sites excluding steroid dienone is 2. The molecule has 0 saturated heterocycles. The molecule has 2 aliphatic rings. The van der Waals surface area contributed by atoms with Crippen molar-refractivity contribution in [2.75, 3.05) is 16.8 Å². The molecule has 26 heavy (non-hydrogen) atoms. The van der Waals surface area contributed by atoms with Crippen molar-refractivity contribution in [3.05, 3.63) is 52.5 Å². The van der Waals surface area contributed by atoms with Crippen molar-refractivity contribution in [2.45, 2.75) is 32.6 Å². The molecule has 0 unspecified atom stereocenters.